The number of amides is 1. The Morgan fingerprint density at radius 3 is 2.60 bits per heavy atom. The number of carbonyl (C=O) groups excluding carboxylic acids is 1. The minimum Gasteiger partial charge on any atom is -0.347 e. The summed E-state index contributed by atoms with van der Waals surface area (Å²) >= 11 is 0. The molecule has 0 aromatic rings. The van der Waals surface area contributed by atoms with Crippen molar-refractivity contribution in [3.05, 3.63) is 0 Å². The first-order valence-corrected chi connectivity index (χ1v) is 5.97. The molecule has 1 fully saturated rings. The van der Waals surface area contributed by atoms with Crippen LogP contribution in [0.5, 0.6) is 0 Å². The second kappa shape index (κ2) is 5.50. The van der Waals surface area contributed by atoms with E-state index < -0.39 is 0 Å². The molecular formula is C12H24N2O. The molecule has 0 bridgehead atoms. The van der Waals surface area contributed by atoms with E-state index in [-0.39, 0.29) is 11.9 Å². The molecule has 88 valence electrons. The van der Waals surface area contributed by atoms with Crippen LogP contribution in [0.4, 0.5) is 0 Å². The Morgan fingerprint density at radius 2 is 2.13 bits per heavy atom. The first-order chi connectivity index (χ1) is 7.02. The highest BCUT2D eigenvalue weighted by atomic mass is 16.2. The third kappa shape index (κ3) is 3.49. The largest absolute Gasteiger partial charge is 0.347 e. The summed E-state index contributed by atoms with van der Waals surface area (Å²) in [5.41, 5.74) is 0. The van der Waals surface area contributed by atoms with Crippen molar-refractivity contribution in [3.8, 4) is 0 Å². The second-order valence-electron chi connectivity index (χ2n) is 5.03. The molecule has 15 heavy (non-hydrogen) atoms. The Balaban J connectivity index is 2.27. The van der Waals surface area contributed by atoms with E-state index in [1.807, 2.05) is 6.92 Å². The normalized spacial score (nSPS) is 27.7. The molecule has 1 amide bonds. The SMILES string of the molecule is CC(NCC1CCCC1C)C(=O)N(C)C. The van der Waals surface area contributed by atoms with Gasteiger partial charge in [0, 0.05) is 14.1 Å². The number of hydrogen-bond donors (Lipinski definition) is 1. The Morgan fingerprint density at radius 1 is 1.47 bits per heavy atom. The van der Waals surface area contributed by atoms with Crippen LogP contribution in [0.2, 0.25) is 0 Å². The molecule has 3 unspecified atom stereocenters. The number of carbonyl (C=O) groups is 1. The average molecular weight is 212 g/mol. The topological polar surface area (TPSA) is 32.3 Å². The maximum atomic E-state index is 11.6. The Labute approximate surface area is 93.2 Å². The van der Waals surface area contributed by atoms with Crippen LogP contribution in [-0.4, -0.2) is 37.5 Å². The molecule has 3 nitrogen and oxygen atoms in total. The lowest BCUT2D eigenvalue weighted by molar-refractivity contribution is -0.130. The van der Waals surface area contributed by atoms with Crippen LogP contribution in [0.3, 0.4) is 0 Å². The van der Waals surface area contributed by atoms with Gasteiger partial charge in [0.05, 0.1) is 6.04 Å². The van der Waals surface area contributed by atoms with Crippen molar-refractivity contribution in [2.45, 2.75) is 39.2 Å². The molecule has 1 rings (SSSR count). The van der Waals surface area contributed by atoms with Crippen LogP contribution in [0.15, 0.2) is 0 Å². The fourth-order valence-electron chi connectivity index (χ4n) is 2.33. The molecule has 0 spiro atoms. The van der Waals surface area contributed by atoms with E-state index in [0.717, 1.165) is 18.4 Å². The molecule has 3 heteroatoms. The summed E-state index contributed by atoms with van der Waals surface area (Å²) in [6.07, 6.45) is 4.02. The molecule has 0 radical (unpaired) electrons. The van der Waals surface area contributed by atoms with Crippen molar-refractivity contribution in [1.82, 2.24) is 10.2 Å². The zero-order chi connectivity index (χ0) is 11.4. The molecule has 1 N–H and O–H groups in total. The standard InChI is InChI=1S/C12H24N2O/c1-9-6-5-7-11(9)8-13-10(2)12(15)14(3)4/h9-11,13H,5-8H2,1-4H3. The molecule has 0 aliphatic heterocycles. The molecular weight excluding hydrogens is 188 g/mol. The summed E-state index contributed by atoms with van der Waals surface area (Å²) in [5.74, 6) is 1.75. The second-order valence-corrected chi connectivity index (χ2v) is 5.03. The van der Waals surface area contributed by atoms with Crippen molar-refractivity contribution < 1.29 is 4.79 Å². The van der Waals surface area contributed by atoms with E-state index in [9.17, 15) is 4.79 Å². The summed E-state index contributed by atoms with van der Waals surface area (Å²) in [7, 11) is 3.61. The van der Waals surface area contributed by atoms with E-state index in [1.54, 1.807) is 19.0 Å². The number of likely N-dealkylation sites (N-methyl/N-ethyl adjacent to an activating group) is 1. The van der Waals surface area contributed by atoms with Crippen molar-refractivity contribution in [2.75, 3.05) is 20.6 Å². The molecule has 0 aromatic carbocycles. The van der Waals surface area contributed by atoms with Crippen LogP contribution in [-0.2, 0) is 4.79 Å². The summed E-state index contributed by atoms with van der Waals surface area (Å²) in [6.45, 7) is 5.25. The fourth-order valence-corrected chi connectivity index (χ4v) is 2.33. The van der Waals surface area contributed by atoms with Gasteiger partial charge in [-0.1, -0.05) is 19.8 Å². The Hall–Kier alpha value is -0.570. The Bertz CT molecular complexity index is 216. The third-order valence-corrected chi connectivity index (χ3v) is 3.54. The number of nitrogens with one attached hydrogen (secondary N) is 1. The minimum atomic E-state index is -0.0483. The fraction of sp³-hybridized carbons (Fsp3) is 0.917. The van der Waals surface area contributed by atoms with Gasteiger partial charge < -0.3 is 10.2 Å². The average Bonchev–Trinajstić information content (AvgIpc) is 2.59. The van der Waals surface area contributed by atoms with Gasteiger partial charge in [-0.15, -0.1) is 0 Å². The maximum Gasteiger partial charge on any atom is 0.238 e. The van der Waals surface area contributed by atoms with Gasteiger partial charge in [0.15, 0.2) is 0 Å². The van der Waals surface area contributed by atoms with Gasteiger partial charge in [0.2, 0.25) is 5.91 Å². The smallest absolute Gasteiger partial charge is 0.238 e. The minimum absolute atomic E-state index is 0.0483. The quantitative estimate of drug-likeness (QED) is 0.765. The van der Waals surface area contributed by atoms with Crippen LogP contribution >= 0.6 is 0 Å². The van der Waals surface area contributed by atoms with Crippen molar-refractivity contribution in [1.29, 1.82) is 0 Å². The lowest BCUT2D eigenvalue weighted by Crippen LogP contribution is -2.43. The van der Waals surface area contributed by atoms with Crippen molar-refractivity contribution in [3.63, 3.8) is 0 Å². The molecule has 0 saturated heterocycles. The van der Waals surface area contributed by atoms with Gasteiger partial charge in [0.1, 0.15) is 0 Å². The van der Waals surface area contributed by atoms with Gasteiger partial charge in [-0.3, -0.25) is 4.79 Å². The van der Waals surface area contributed by atoms with E-state index in [2.05, 4.69) is 12.2 Å². The van der Waals surface area contributed by atoms with Gasteiger partial charge in [-0.05, 0) is 31.7 Å². The number of hydrogen-bond acceptors (Lipinski definition) is 2. The van der Waals surface area contributed by atoms with E-state index in [1.165, 1.54) is 19.3 Å². The van der Waals surface area contributed by atoms with Crippen LogP contribution in [0.1, 0.15) is 33.1 Å². The zero-order valence-electron chi connectivity index (χ0n) is 10.4. The van der Waals surface area contributed by atoms with Crippen LogP contribution in [0.25, 0.3) is 0 Å². The summed E-state index contributed by atoms with van der Waals surface area (Å²) in [4.78, 5) is 13.2. The highest BCUT2D eigenvalue weighted by Gasteiger charge is 2.24. The molecule has 1 aliphatic rings. The maximum absolute atomic E-state index is 11.6. The molecule has 1 aliphatic carbocycles. The highest BCUT2D eigenvalue weighted by Crippen LogP contribution is 2.30. The summed E-state index contributed by atoms with van der Waals surface area (Å²) in [6, 6.07) is -0.0483. The van der Waals surface area contributed by atoms with E-state index in [4.69, 9.17) is 0 Å². The molecule has 3 atom stereocenters. The molecule has 0 aromatic heterocycles. The zero-order valence-corrected chi connectivity index (χ0v) is 10.4. The monoisotopic (exact) mass is 212 g/mol. The van der Waals surface area contributed by atoms with Gasteiger partial charge in [-0.2, -0.15) is 0 Å². The third-order valence-electron chi connectivity index (χ3n) is 3.54. The first kappa shape index (κ1) is 12.5. The first-order valence-electron chi connectivity index (χ1n) is 5.97. The number of nitrogens with zero attached hydrogens (tertiary/aromatic N) is 1. The van der Waals surface area contributed by atoms with Gasteiger partial charge >= 0.3 is 0 Å². The summed E-state index contributed by atoms with van der Waals surface area (Å²) in [5, 5.41) is 3.34. The lowest BCUT2D eigenvalue weighted by Gasteiger charge is -2.21. The molecule has 0 heterocycles. The lowest BCUT2D eigenvalue weighted by atomic mass is 9.98. The molecule has 1 saturated carbocycles. The highest BCUT2D eigenvalue weighted by molar-refractivity contribution is 5.80. The van der Waals surface area contributed by atoms with E-state index >= 15 is 0 Å². The summed E-state index contributed by atoms with van der Waals surface area (Å²) < 4.78 is 0. The predicted molar refractivity (Wildman–Crippen MR) is 62.7 cm³/mol. The van der Waals surface area contributed by atoms with Crippen LogP contribution < -0.4 is 5.32 Å². The van der Waals surface area contributed by atoms with Gasteiger partial charge in [0.25, 0.3) is 0 Å². The van der Waals surface area contributed by atoms with E-state index in [0.29, 0.717) is 0 Å². The van der Waals surface area contributed by atoms with Crippen molar-refractivity contribution in [2.24, 2.45) is 11.8 Å². The number of rotatable bonds is 4. The Kier molecular flexibility index (Phi) is 4.58. The predicted octanol–water partition coefficient (Wildman–Crippen LogP) is 1.49. The van der Waals surface area contributed by atoms with Crippen LogP contribution in [0, 0.1) is 11.8 Å². The van der Waals surface area contributed by atoms with Crippen molar-refractivity contribution >= 4 is 5.91 Å². The van der Waals surface area contributed by atoms with Gasteiger partial charge in [-0.25, -0.2) is 0 Å².